The summed E-state index contributed by atoms with van der Waals surface area (Å²) in [5.74, 6) is -2.23. The van der Waals surface area contributed by atoms with Crippen molar-refractivity contribution < 1.29 is 40.7 Å². The van der Waals surface area contributed by atoms with Crippen molar-refractivity contribution in [2.45, 2.75) is 43.9 Å². The highest BCUT2D eigenvalue weighted by Gasteiger charge is 2.36. The summed E-state index contributed by atoms with van der Waals surface area (Å²) in [4.78, 5) is 35.1. The van der Waals surface area contributed by atoms with Gasteiger partial charge in [-0.25, -0.2) is 13.2 Å². The van der Waals surface area contributed by atoms with Crippen LogP contribution in [0.5, 0.6) is 0 Å². The molecule has 1 saturated heterocycles. The number of amides is 3. The first-order valence-electron chi connectivity index (χ1n) is 9.82. The van der Waals surface area contributed by atoms with E-state index in [0.29, 0.717) is 12.6 Å². The average Bonchev–Trinajstić information content (AvgIpc) is 2.73. The second-order valence-corrected chi connectivity index (χ2v) is 9.07. The van der Waals surface area contributed by atoms with Crippen molar-refractivity contribution in [1.29, 1.82) is 0 Å². The molecule has 1 unspecified atom stereocenters. The molecule has 0 bridgehead atoms. The number of hydrogen-bond acceptors (Lipinski definition) is 6. The zero-order valence-electron chi connectivity index (χ0n) is 17.4. The van der Waals surface area contributed by atoms with Crippen molar-refractivity contribution in [3.05, 3.63) is 29.8 Å². The Bertz CT molecular complexity index is 959. The smallest absolute Gasteiger partial charge is 0.416 e. The van der Waals surface area contributed by atoms with Crippen LogP contribution in [0.2, 0.25) is 0 Å². The average molecular weight is 479 g/mol. The van der Waals surface area contributed by atoms with E-state index in [2.05, 4.69) is 5.32 Å². The van der Waals surface area contributed by atoms with Gasteiger partial charge >= 0.3 is 18.2 Å². The van der Waals surface area contributed by atoms with Gasteiger partial charge in [-0.3, -0.25) is 14.9 Å². The van der Waals surface area contributed by atoms with Gasteiger partial charge in [0.05, 0.1) is 16.4 Å². The molecule has 1 aliphatic rings. The number of urea groups is 1. The van der Waals surface area contributed by atoms with E-state index in [4.69, 9.17) is 4.74 Å². The Hall–Kier alpha value is -2.67. The third-order valence-electron chi connectivity index (χ3n) is 4.82. The minimum absolute atomic E-state index is 0.0711. The monoisotopic (exact) mass is 479 g/mol. The topological polar surface area (TPSA) is 122 Å². The number of carbonyl (C=O) groups is 3. The molecule has 1 aliphatic heterocycles. The summed E-state index contributed by atoms with van der Waals surface area (Å²) in [5.41, 5.74) is -1.07. The fraction of sp³-hybridized carbons (Fsp3) is 0.526. The highest BCUT2D eigenvalue weighted by molar-refractivity contribution is 7.89. The van der Waals surface area contributed by atoms with E-state index < -0.39 is 56.6 Å². The molecule has 2 N–H and O–H groups in total. The zero-order chi connectivity index (χ0) is 24.1. The molecule has 13 heteroatoms. The standard InChI is InChI=1S/C19H24F3N3O6S/c1-3-23-18(28)24-16(26)12(2)31-17(27)13-7-9-25(10-8-13)32(29,30)15-6-4-5-14(11-15)19(20,21)22/h4-6,11-13H,3,7-10H2,1-2H3,(H2,23,24,26,28). The van der Waals surface area contributed by atoms with Gasteiger partial charge < -0.3 is 10.1 Å². The zero-order valence-corrected chi connectivity index (χ0v) is 18.3. The molecular formula is C19H24F3N3O6S. The van der Waals surface area contributed by atoms with Crippen molar-refractivity contribution in [1.82, 2.24) is 14.9 Å². The van der Waals surface area contributed by atoms with Crippen molar-refractivity contribution in [3.8, 4) is 0 Å². The lowest BCUT2D eigenvalue weighted by Gasteiger charge is -2.30. The number of rotatable bonds is 6. The fourth-order valence-electron chi connectivity index (χ4n) is 3.06. The number of nitrogens with one attached hydrogen (secondary N) is 2. The van der Waals surface area contributed by atoms with Gasteiger partial charge in [-0.1, -0.05) is 6.07 Å². The van der Waals surface area contributed by atoms with E-state index in [1.54, 1.807) is 6.92 Å². The Kier molecular flexibility index (Phi) is 8.24. The van der Waals surface area contributed by atoms with Crippen molar-refractivity contribution in [2.75, 3.05) is 19.6 Å². The lowest BCUT2D eigenvalue weighted by molar-refractivity contribution is -0.159. The van der Waals surface area contributed by atoms with E-state index >= 15 is 0 Å². The molecule has 9 nitrogen and oxygen atoms in total. The molecule has 0 radical (unpaired) electrons. The summed E-state index contributed by atoms with van der Waals surface area (Å²) >= 11 is 0. The molecule has 178 valence electrons. The van der Waals surface area contributed by atoms with Gasteiger partial charge in [-0.05, 0) is 44.9 Å². The third kappa shape index (κ3) is 6.42. The summed E-state index contributed by atoms with van der Waals surface area (Å²) in [6.07, 6.45) is -5.77. The van der Waals surface area contributed by atoms with Crippen molar-refractivity contribution in [3.63, 3.8) is 0 Å². The summed E-state index contributed by atoms with van der Waals surface area (Å²) in [6.45, 7) is 3.05. The van der Waals surface area contributed by atoms with Crippen LogP contribution in [-0.4, -0.2) is 56.4 Å². The number of halogens is 3. The second-order valence-electron chi connectivity index (χ2n) is 7.13. The maximum Gasteiger partial charge on any atom is 0.416 e. The first kappa shape index (κ1) is 25.6. The van der Waals surface area contributed by atoms with Crippen LogP contribution in [0.1, 0.15) is 32.3 Å². The van der Waals surface area contributed by atoms with Crippen LogP contribution in [0.15, 0.2) is 29.2 Å². The van der Waals surface area contributed by atoms with Crippen LogP contribution >= 0.6 is 0 Å². The van der Waals surface area contributed by atoms with E-state index in [9.17, 15) is 36.0 Å². The SMILES string of the molecule is CCNC(=O)NC(=O)C(C)OC(=O)C1CCN(S(=O)(=O)c2cccc(C(F)(F)F)c2)CC1. The van der Waals surface area contributed by atoms with E-state index in [0.717, 1.165) is 22.5 Å². The van der Waals surface area contributed by atoms with Crippen LogP contribution in [0.3, 0.4) is 0 Å². The van der Waals surface area contributed by atoms with Gasteiger partial charge in [0.25, 0.3) is 5.91 Å². The molecule has 1 atom stereocenters. The molecule has 1 fully saturated rings. The number of nitrogens with zero attached hydrogens (tertiary/aromatic N) is 1. The van der Waals surface area contributed by atoms with Crippen LogP contribution in [-0.2, 0) is 30.5 Å². The number of sulfonamides is 1. The van der Waals surface area contributed by atoms with Gasteiger partial charge in [-0.2, -0.15) is 17.5 Å². The Labute approximate surface area is 183 Å². The number of ether oxygens (including phenoxy) is 1. The molecule has 0 aliphatic carbocycles. The molecule has 1 aromatic rings. The van der Waals surface area contributed by atoms with Gasteiger partial charge in [0.2, 0.25) is 10.0 Å². The molecule has 32 heavy (non-hydrogen) atoms. The Balaban J connectivity index is 1.95. The Morgan fingerprint density at radius 1 is 1.22 bits per heavy atom. The van der Waals surface area contributed by atoms with Gasteiger partial charge in [-0.15, -0.1) is 0 Å². The number of piperidine rings is 1. The van der Waals surface area contributed by atoms with E-state index in [-0.39, 0.29) is 25.9 Å². The fourth-order valence-corrected chi connectivity index (χ4v) is 4.57. The molecule has 2 rings (SSSR count). The Morgan fingerprint density at radius 3 is 2.41 bits per heavy atom. The van der Waals surface area contributed by atoms with Crippen LogP contribution in [0.4, 0.5) is 18.0 Å². The predicted molar refractivity (Wildman–Crippen MR) is 106 cm³/mol. The van der Waals surface area contributed by atoms with E-state index in [1.165, 1.54) is 6.92 Å². The minimum atomic E-state index is -4.68. The molecule has 0 aromatic heterocycles. The molecule has 0 saturated carbocycles. The molecule has 1 heterocycles. The number of imide groups is 1. The summed E-state index contributed by atoms with van der Waals surface area (Å²) in [5, 5.41) is 4.37. The first-order chi connectivity index (χ1) is 14.9. The van der Waals surface area contributed by atoms with Crippen LogP contribution in [0.25, 0.3) is 0 Å². The molecule has 0 spiro atoms. The molecule has 3 amide bonds. The van der Waals surface area contributed by atoms with Crippen LogP contribution in [0, 0.1) is 5.92 Å². The number of carbonyl (C=O) groups excluding carboxylic acids is 3. The lowest BCUT2D eigenvalue weighted by Crippen LogP contribution is -2.46. The normalized spacial score (nSPS) is 16.8. The number of hydrogen-bond donors (Lipinski definition) is 2. The highest BCUT2D eigenvalue weighted by Crippen LogP contribution is 2.32. The summed E-state index contributed by atoms with van der Waals surface area (Å²) in [7, 11) is -4.18. The van der Waals surface area contributed by atoms with Crippen molar-refractivity contribution >= 4 is 27.9 Å². The Morgan fingerprint density at radius 2 is 1.84 bits per heavy atom. The predicted octanol–water partition coefficient (Wildman–Crippen LogP) is 1.88. The van der Waals surface area contributed by atoms with E-state index in [1.807, 2.05) is 5.32 Å². The number of esters is 1. The lowest BCUT2D eigenvalue weighted by atomic mass is 9.98. The number of alkyl halides is 3. The highest BCUT2D eigenvalue weighted by atomic mass is 32.2. The van der Waals surface area contributed by atoms with Gasteiger partial charge in [0.1, 0.15) is 0 Å². The van der Waals surface area contributed by atoms with Crippen molar-refractivity contribution in [2.24, 2.45) is 5.92 Å². The number of benzene rings is 1. The third-order valence-corrected chi connectivity index (χ3v) is 6.72. The largest absolute Gasteiger partial charge is 0.452 e. The molecule has 1 aromatic carbocycles. The van der Waals surface area contributed by atoms with Gasteiger partial charge in [0.15, 0.2) is 6.10 Å². The van der Waals surface area contributed by atoms with Gasteiger partial charge in [0, 0.05) is 19.6 Å². The maximum atomic E-state index is 12.9. The molecular weight excluding hydrogens is 455 g/mol. The second kappa shape index (κ2) is 10.3. The summed E-state index contributed by atoms with van der Waals surface area (Å²) in [6, 6.07) is 2.73. The maximum absolute atomic E-state index is 12.9. The quantitative estimate of drug-likeness (QED) is 0.601. The minimum Gasteiger partial charge on any atom is -0.452 e. The summed E-state index contributed by atoms with van der Waals surface area (Å²) < 4.78 is 70.2. The van der Waals surface area contributed by atoms with Crippen LogP contribution < -0.4 is 10.6 Å². The first-order valence-corrected chi connectivity index (χ1v) is 11.3.